The highest BCUT2D eigenvalue weighted by Gasteiger charge is 2.39. The topological polar surface area (TPSA) is 43.5 Å². The van der Waals surface area contributed by atoms with Gasteiger partial charge in [0.25, 0.3) is 0 Å². The lowest BCUT2D eigenvalue weighted by molar-refractivity contribution is -0.102. The van der Waals surface area contributed by atoms with Gasteiger partial charge in [-0.25, -0.2) is 5.06 Å². The molecule has 0 amide bonds. The van der Waals surface area contributed by atoms with E-state index in [2.05, 4.69) is 47.4 Å². The van der Waals surface area contributed by atoms with Crippen molar-refractivity contribution in [2.75, 3.05) is 20.2 Å². The third-order valence-electron chi connectivity index (χ3n) is 5.68. The van der Waals surface area contributed by atoms with Crippen molar-refractivity contribution in [1.82, 2.24) is 20.3 Å². The zero-order chi connectivity index (χ0) is 20.1. The van der Waals surface area contributed by atoms with Crippen LogP contribution in [0.1, 0.15) is 18.1 Å². The number of hydrogen-bond acceptors (Lipinski definition) is 4. The molecule has 2 N–H and O–H groups in total. The molecule has 6 radical (unpaired) electrons. The fraction of sp³-hybridized carbons (Fsp3) is 0.400. The van der Waals surface area contributed by atoms with Crippen LogP contribution in [0.4, 0.5) is 0 Å². The molecule has 28 heavy (non-hydrogen) atoms. The van der Waals surface area contributed by atoms with Crippen molar-refractivity contribution < 1.29 is 4.84 Å². The van der Waals surface area contributed by atoms with E-state index >= 15 is 0 Å². The van der Waals surface area contributed by atoms with Crippen LogP contribution in [0.5, 0.6) is 0 Å². The van der Waals surface area contributed by atoms with Crippen molar-refractivity contribution in [3.8, 4) is 0 Å². The van der Waals surface area contributed by atoms with Crippen molar-refractivity contribution in [1.29, 1.82) is 0 Å². The summed E-state index contributed by atoms with van der Waals surface area (Å²) >= 11 is 0. The quantitative estimate of drug-likeness (QED) is 0.595. The van der Waals surface area contributed by atoms with E-state index in [1.807, 2.05) is 11.8 Å². The number of benzene rings is 1. The molecule has 138 valence electrons. The summed E-state index contributed by atoms with van der Waals surface area (Å²) in [6, 6.07) is 6.26. The fourth-order valence-electron chi connectivity index (χ4n) is 4.47. The second-order valence-electron chi connectivity index (χ2n) is 7.50. The molecule has 1 aliphatic heterocycles. The molecule has 8 heteroatoms. The Bertz CT molecular complexity index is 929. The lowest BCUT2D eigenvalue weighted by Gasteiger charge is -2.50. The van der Waals surface area contributed by atoms with E-state index in [1.165, 1.54) is 22.1 Å². The number of hydrogen-bond donors (Lipinski definition) is 2. The molecule has 1 aromatic heterocycles. The maximum atomic E-state index is 6.18. The van der Waals surface area contributed by atoms with Gasteiger partial charge in [0.15, 0.2) is 0 Å². The smallest absolute Gasteiger partial charge is 0.119 e. The minimum atomic E-state index is -1.43. The van der Waals surface area contributed by atoms with Crippen LogP contribution < -0.4 is 5.32 Å². The molecule has 0 bridgehead atoms. The Morgan fingerprint density at radius 2 is 2.21 bits per heavy atom. The van der Waals surface area contributed by atoms with Crippen LogP contribution in [0.3, 0.4) is 0 Å². The molecule has 0 spiro atoms. The standard InChI is InChI=1S/C20H23B3N4O/c1-4-27(28-3)12(2)25-14-9-16-15-6-5-7-17-19(15)13(10-24-17)8-18(16)26(11-14)20(21,22)23/h5-7,9-10,14,18,24-25H,2,4,8,11H2,1,3H3/t14?,18-/m1/s1. The van der Waals surface area contributed by atoms with E-state index in [1.54, 1.807) is 12.2 Å². The van der Waals surface area contributed by atoms with Gasteiger partial charge in [-0.3, -0.25) is 4.84 Å². The van der Waals surface area contributed by atoms with Crippen LogP contribution >= 0.6 is 0 Å². The number of aromatic nitrogens is 1. The Morgan fingerprint density at radius 3 is 2.89 bits per heavy atom. The predicted molar refractivity (Wildman–Crippen MR) is 116 cm³/mol. The van der Waals surface area contributed by atoms with Gasteiger partial charge in [0.1, 0.15) is 5.82 Å². The van der Waals surface area contributed by atoms with E-state index in [4.69, 9.17) is 28.4 Å². The van der Waals surface area contributed by atoms with Crippen molar-refractivity contribution in [3.63, 3.8) is 0 Å². The molecule has 0 saturated heterocycles. The normalized spacial score (nSPS) is 21.9. The van der Waals surface area contributed by atoms with Crippen molar-refractivity contribution in [3.05, 3.63) is 54.0 Å². The van der Waals surface area contributed by atoms with Gasteiger partial charge in [0, 0.05) is 36.2 Å². The van der Waals surface area contributed by atoms with Gasteiger partial charge in [0.2, 0.25) is 0 Å². The number of rotatable bonds is 6. The minimum Gasteiger partial charge on any atom is -0.363 e. The molecular weight excluding hydrogens is 345 g/mol. The first-order chi connectivity index (χ1) is 13.3. The van der Waals surface area contributed by atoms with Crippen LogP contribution in [0.2, 0.25) is 0 Å². The maximum Gasteiger partial charge on any atom is 0.119 e. The summed E-state index contributed by atoms with van der Waals surface area (Å²) in [6.07, 6.45) is 5.12. The highest BCUT2D eigenvalue weighted by Crippen LogP contribution is 2.41. The van der Waals surface area contributed by atoms with Gasteiger partial charge >= 0.3 is 0 Å². The summed E-state index contributed by atoms with van der Waals surface area (Å²) in [5.41, 5.74) is 4.76. The molecule has 2 heterocycles. The third kappa shape index (κ3) is 3.18. The molecule has 0 fully saturated rings. The Morgan fingerprint density at radius 1 is 1.43 bits per heavy atom. The van der Waals surface area contributed by atoms with Gasteiger partial charge in [-0.15, -0.1) is 0 Å². The molecule has 1 aromatic carbocycles. The van der Waals surface area contributed by atoms with Gasteiger partial charge in [-0.05, 0) is 36.1 Å². The fourth-order valence-corrected chi connectivity index (χ4v) is 4.47. The average Bonchev–Trinajstić information content (AvgIpc) is 3.06. The van der Waals surface area contributed by atoms with E-state index < -0.39 is 5.24 Å². The van der Waals surface area contributed by atoms with Crippen molar-refractivity contribution in [2.45, 2.75) is 30.7 Å². The second-order valence-corrected chi connectivity index (χ2v) is 7.50. The molecule has 2 aliphatic rings. The van der Waals surface area contributed by atoms with Gasteiger partial charge in [-0.2, -0.15) is 0 Å². The van der Waals surface area contributed by atoms with Crippen molar-refractivity contribution >= 4 is 40.0 Å². The molecular formula is C20H23B3N4O. The average molecular weight is 368 g/mol. The molecule has 0 saturated carbocycles. The number of nitrogens with one attached hydrogen (secondary N) is 2. The van der Waals surface area contributed by atoms with Crippen LogP contribution in [0, 0.1) is 0 Å². The summed E-state index contributed by atoms with van der Waals surface area (Å²) in [7, 11) is 20.2. The number of fused-ring (bicyclic) bond motifs is 2. The Hall–Kier alpha value is -2.05. The lowest BCUT2D eigenvalue weighted by atomic mass is 9.47. The Labute approximate surface area is 170 Å². The first-order valence-corrected chi connectivity index (χ1v) is 9.55. The second kappa shape index (κ2) is 7.09. The molecule has 1 unspecified atom stereocenters. The first-order valence-electron chi connectivity index (χ1n) is 9.55. The van der Waals surface area contributed by atoms with Crippen molar-refractivity contribution in [2.24, 2.45) is 0 Å². The van der Waals surface area contributed by atoms with Crippen LogP contribution in [-0.4, -0.2) is 76.0 Å². The minimum absolute atomic E-state index is 0.0184. The maximum absolute atomic E-state index is 6.18. The van der Waals surface area contributed by atoms with Gasteiger partial charge < -0.3 is 15.2 Å². The summed E-state index contributed by atoms with van der Waals surface area (Å²) in [5.74, 6) is 0.679. The van der Waals surface area contributed by atoms with E-state index in [0.717, 1.165) is 11.9 Å². The number of H-pyrrole nitrogens is 1. The van der Waals surface area contributed by atoms with Crippen LogP contribution in [0.15, 0.2) is 42.9 Å². The lowest BCUT2D eigenvalue weighted by Crippen LogP contribution is -2.62. The highest BCUT2D eigenvalue weighted by atomic mass is 16.7. The number of aromatic amines is 1. The molecule has 2 aromatic rings. The van der Waals surface area contributed by atoms with E-state index in [9.17, 15) is 0 Å². The summed E-state index contributed by atoms with van der Waals surface area (Å²) in [6.45, 7) is 7.33. The monoisotopic (exact) mass is 368 g/mol. The molecule has 5 nitrogen and oxygen atoms in total. The molecule has 2 atom stereocenters. The Kier molecular flexibility index (Phi) is 4.88. The highest BCUT2D eigenvalue weighted by molar-refractivity contribution is 6.59. The predicted octanol–water partition coefficient (Wildman–Crippen LogP) is 1.22. The largest absolute Gasteiger partial charge is 0.363 e. The third-order valence-corrected chi connectivity index (χ3v) is 5.68. The zero-order valence-corrected chi connectivity index (χ0v) is 16.4. The number of nitrogens with zero attached hydrogens (tertiary/aromatic N) is 2. The van der Waals surface area contributed by atoms with Crippen LogP contribution in [-0.2, 0) is 11.3 Å². The van der Waals surface area contributed by atoms with Crippen LogP contribution in [0.25, 0.3) is 16.5 Å². The van der Waals surface area contributed by atoms with E-state index in [0.29, 0.717) is 18.9 Å². The molecule has 1 aliphatic carbocycles. The first kappa shape index (κ1) is 19.3. The number of hydroxylamine groups is 2. The van der Waals surface area contributed by atoms with E-state index in [-0.39, 0.29) is 12.1 Å². The zero-order valence-electron chi connectivity index (χ0n) is 16.4. The summed E-state index contributed by atoms with van der Waals surface area (Å²) in [4.78, 5) is 10.7. The van der Waals surface area contributed by atoms with Gasteiger partial charge in [0.05, 0.1) is 36.7 Å². The Balaban J connectivity index is 1.75. The van der Waals surface area contributed by atoms with Gasteiger partial charge in [-0.1, -0.05) is 30.0 Å². The molecule has 4 rings (SSSR count). The SMILES string of the molecule is [B]C([B])([B])N1CC(NC(=C)N(CC)OC)C=C2c3cccc4[nH]cc(c34)C[C@H]21. The summed E-state index contributed by atoms with van der Waals surface area (Å²) in [5, 5.41) is 4.94. The summed E-state index contributed by atoms with van der Waals surface area (Å²) < 4.78 is 0.